The largest absolute Gasteiger partial charge is 0.467 e. The number of furan rings is 2. The summed E-state index contributed by atoms with van der Waals surface area (Å²) < 4.78 is 12.9. The lowest BCUT2D eigenvalue weighted by Gasteiger charge is -2.27. The zero-order valence-electron chi connectivity index (χ0n) is 16.5. The molecule has 8 heteroatoms. The van der Waals surface area contributed by atoms with Gasteiger partial charge in [-0.15, -0.1) is 0 Å². The lowest BCUT2D eigenvalue weighted by Crippen LogP contribution is -2.32. The Balaban J connectivity index is 1.57. The first-order valence-electron chi connectivity index (χ1n) is 10.1. The van der Waals surface area contributed by atoms with Gasteiger partial charge >= 0.3 is 0 Å². The van der Waals surface area contributed by atoms with Crippen LogP contribution in [0.2, 0.25) is 5.02 Å². The van der Waals surface area contributed by atoms with Gasteiger partial charge in [-0.1, -0.05) is 11.6 Å². The number of aryl methyl sites for hydroxylation is 1. The van der Waals surface area contributed by atoms with Crippen molar-refractivity contribution in [3.8, 4) is 0 Å². The number of rotatable bonds is 4. The number of fused-ring (bicyclic) bond motifs is 1. The molecule has 0 unspecified atom stereocenters. The molecule has 0 bridgehead atoms. The number of carbonyl (C=O) groups is 1. The molecule has 1 saturated carbocycles. The highest BCUT2D eigenvalue weighted by Crippen LogP contribution is 2.45. The van der Waals surface area contributed by atoms with Crippen LogP contribution < -0.4 is 0 Å². The molecule has 0 saturated heterocycles. The van der Waals surface area contributed by atoms with Gasteiger partial charge in [-0.05, 0) is 62.1 Å². The van der Waals surface area contributed by atoms with Crippen molar-refractivity contribution in [1.82, 2.24) is 14.8 Å². The first-order valence-corrected chi connectivity index (χ1v) is 10.5. The highest BCUT2D eigenvalue weighted by atomic mass is 35.5. The molecule has 5 rings (SSSR count). The van der Waals surface area contributed by atoms with Crippen molar-refractivity contribution < 1.29 is 13.6 Å². The summed E-state index contributed by atoms with van der Waals surface area (Å²) in [4.78, 5) is 13.4. The van der Waals surface area contributed by atoms with E-state index in [-0.39, 0.29) is 23.6 Å². The standard InChI is InChI=1S/C22H21ClN4O3/c1-2-26-13-17(23)20(24-26)22(28)27-21(18-9-5-11-30-18)16-8-3-6-14(19(16)25-27)12-15-7-4-10-29-15/h4-5,7,9-13,16,21H,2-3,6,8H2,1H3/b14-12+/t16-,21+/m0/s1. The number of nitrogens with zero attached hydrogens (tertiary/aromatic N) is 4. The molecule has 1 aliphatic carbocycles. The second kappa shape index (κ2) is 7.65. The molecule has 154 valence electrons. The van der Waals surface area contributed by atoms with Crippen LogP contribution >= 0.6 is 11.6 Å². The number of hydrazone groups is 1. The monoisotopic (exact) mass is 424 g/mol. The second-order valence-electron chi connectivity index (χ2n) is 7.46. The Morgan fingerprint density at radius 1 is 1.30 bits per heavy atom. The van der Waals surface area contributed by atoms with Crippen LogP contribution in [0.25, 0.3) is 6.08 Å². The zero-order valence-corrected chi connectivity index (χ0v) is 17.2. The molecule has 0 aromatic carbocycles. The van der Waals surface area contributed by atoms with Gasteiger partial charge in [0.25, 0.3) is 5.91 Å². The number of hydrogen-bond acceptors (Lipinski definition) is 5. The first kappa shape index (κ1) is 18.9. The molecule has 4 heterocycles. The molecule has 7 nitrogen and oxygen atoms in total. The summed E-state index contributed by atoms with van der Waals surface area (Å²) in [5.41, 5.74) is 2.19. The zero-order chi connectivity index (χ0) is 20.7. The maximum Gasteiger partial charge on any atom is 0.296 e. The fourth-order valence-electron chi connectivity index (χ4n) is 4.26. The van der Waals surface area contributed by atoms with Crippen LogP contribution in [0.15, 0.2) is 62.5 Å². The molecule has 3 aromatic heterocycles. The van der Waals surface area contributed by atoms with Crippen molar-refractivity contribution in [1.29, 1.82) is 0 Å². The van der Waals surface area contributed by atoms with Gasteiger partial charge in [-0.3, -0.25) is 9.48 Å². The van der Waals surface area contributed by atoms with Crippen LogP contribution in [0.5, 0.6) is 0 Å². The van der Waals surface area contributed by atoms with E-state index in [9.17, 15) is 4.79 Å². The van der Waals surface area contributed by atoms with E-state index in [1.165, 1.54) is 5.01 Å². The number of aromatic nitrogens is 2. The summed E-state index contributed by atoms with van der Waals surface area (Å²) in [6, 6.07) is 7.16. The Morgan fingerprint density at radius 3 is 2.83 bits per heavy atom. The summed E-state index contributed by atoms with van der Waals surface area (Å²) in [5, 5.41) is 10.9. The third-order valence-corrected chi connectivity index (χ3v) is 5.92. The summed E-state index contributed by atoms with van der Waals surface area (Å²) in [6.07, 6.45) is 9.75. The molecule has 0 N–H and O–H groups in total. The van der Waals surface area contributed by atoms with Crippen LogP contribution in [-0.2, 0) is 6.54 Å². The SMILES string of the molecule is CCn1cc(Cl)c(C(=O)N2N=C3/C(=C/c4ccco4)CCC[C@@H]3[C@@H]2c2ccco2)n1. The van der Waals surface area contributed by atoms with Gasteiger partial charge in [-0.2, -0.15) is 10.2 Å². The van der Waals surface area contributed by atoms with Crippen molar-refractivity contribution in [3.05, 3.63) is 70.8 Å². The number of hydrogen-bond donors (Lipinski definition) is 0. The molecule has 30 heavy (non-hydrogen) atoms. The van der Waals surface area contributed by atoms with Gasteiger partial charge in [0.15, 0.2) is 5.69 Å². The predicted octanol–water partition coefficient (Wildman–Crippen LogP) is 5.18. The van der Waals surface area contributed by atoms with Crippen molar-refractivity contribution in [2.75, 3.05) is 0 Å². The third-order valence-electron chi connectivity index (χ3n) is 5.65. The van der Waals surface area contributed by atoms with Gasteiger partial charge in [-0.25, -0.2) is 5.01 Å². The number of amides is 1. The quantitative estimate of drug-likeness (QED) is 0.578. The number of halogens is 1. The van der Waals surface area contributed by atoms with Gasteiger partial charge in [0.2, 0.25) is 0 Å². The van der Waals surface area contributed by atoms with E-state index < -0.39 is 0 Å². The maximum absolute atomic E-state index is 13.4. The van der Waals surface area contributed by atoms with Crippen molar-refractivity contribution in [2.45, 2.75) is 38.8 Å². The molecule has 0 spiro atoms. The van der Waals surface area contributed by atoms with E-state index in [0.29, 0.717) is 17.3 Å². The fraction of sp³-hybridized carbons (Fsp3) is 0.318. The minimum Gasteiger partial charge on any atom is -0.467 e. The highest BCUT2D eigenvalue weighted by molar-refractivity contribution is 6.33. The minimum atomic E-state index is -0.328. The van der Waals surface area contributed by atoms with Crippen molar-refractivity contribution in [2.24, 2.45) is 11.0 Å². The summed E-state index contributed by atoms with van der Waals surface area (Å²) in [7, 11) is 0. The average Bonchev–Trinajstić information content (AvgIpc) is 3.53. The minimum absolute atomic E-state index is 0.0436. The summed E-state index contributed by atoms with van der Waals surface area (Å²) in [6.45, 7) is 2.57. The topological polar surface area (TPSA) is 76.8 Å². The number of carbonyl (C=O) groups excluding carboxylic acids is 1. The molecular formula is C22H21ClN4O3. The lowest BCUT2D eigenvalue weighted by atomic mass is 9.79. The van der Waals surface area contributed by atoms with Crippen LogP contribution in [0.4, 0.5) is 0 Å². The van der Waals surface area contributed by atoms with Gasteiger partial charge < -0.3 is 8.83 Å². The summed E-state index contributed by atoms with van der Waals surface area (Å²) >= 11 is 6.32. The Hall–Kier alpha value is -3.06. The summed E-state index contributed by atoms with van der Waals surface area (Å²) in [5.74, 6) is 1.20. The van der Waals surface area contributed by atoms with E-state index >= 15 is 0 Å². The smallest absolute Gasteiger partial charge is 0.296 e. The van der Waals surface area contributed by atoms with E-state index in [4.69, 9.17) is 25.5 Å². The lowest BCUT2D eigenvalue weighted by molar-refractivity contribution is 0.0649. The normalized spacial score (nSPS) is 22.4. The van der Waals surface area contributed by atoms with Crippen LogP contribution in [0, 0.1) is 5.92 Å². The molecule has 1 amide bonds. The van der Waals surface area contributed by atoms with Crippen molar-refractivity contribution >= 4 is 29.3 Å². The Bertz CT molecular complexity index is 1110. The first-order chi connectivity index (χ1) is 14.7. The van der Waals surface area contributed by atoms with Crippen molar-refractivity contribution in [3.63, 3.8) is 0 Å². The van der Waals surface area contributed by atoms with Gasteiger partial charge in [0.1, 0.15) is 17.6 Å². The molecule has 2 atom stereocenters. The van der Waals surface area contributed by atoms with Crippen LogP contribution in [-0.4, -0.2) is 26.4 Å². The van der Waals surface area contributed by atoms with E-state index in [1.807, 2.05) is 37.3 Å². The van der Waals surface area contributed by atoms with Gasteiger partial charge in [0, 0.05) is 18.7 Å². The maximum atomic E-state index is 13.4. The molecular weight excluding hydrogens is 404 g/mol. The van der Waals surface area contributed by atoms with E-state index in [0.717, 1.165) is 36.3 Å². The molecule has 0 radical (unpaired) electrons. The molecule has 2 aliphatic rings. The molecule has 3 aromatic rings. The average molecular weight is 425 g/mol. The second-order valence-corrected chi connectivity index (χ2v) is 7.87. The fourth-order valence-corrected chi connectivity index (χ4v) is 4.49. The Kier molecular flexibility index (Phi) is 4.83. The number of allylic oxidation sites excluding steroid dienone is 1. The van der Waals surface area contributed by atoms with Crippen LogP contribution in [0.3, 0.4) is 0 Å². The van der Waals surface area contributed by atoms with E-state index in [1.54, 1.807) is 23.4 Å². The van der Waals surface area contributed by atoms with Gasteiger partial charge in [0.05, 0.1) is 23.3 Å². The third kappa shape index (κ3) is 3.19. The van der Waals surface area contributed by atoms with Crippen LogP contribution in [0.1, 0.15) is 54.2 Å². The Labute approximate surface area is 178 Å². The van der Waals surface area contributed by atoms with E-state index in [2.05, 4.69) is 5.10 Å². The molecule has 1 fully saturated rings. The molecule has 1 aliphatic heterocycles. The predicted molar refractivity (Wildman–Crippen MR) is 112 cm³/mol. The highest BCUT2D eigenvalue weighted by Gasteiger charge is 2.46. The Morgan fingerprint density at radius 2 is 2.13 bits per heavy atom.